The van der Waals surface area contributed by atoms with Gasteiger partial charge in [-0.1, -0.05) is 0 Å². The molecule has 1 aliphatic heterocycles. The molecule has 1 heterocycles. The second-order valence-electron chi connectivity index (χ2n) is 5.62. The van der Waals surface area contributed by atoms with E-state index >= 15 is 0 Å². The first-order valence-corrected chi connectivity index (χ1v) is 8.34. The Balaban J connectivity index is 0.000000754. The highest BCUT2D eigenvalue weighted by atomic mass is 32.3. The Labute approximate surface area is 142 Å². The maximum atomic E-state index is 12.2. The molecule has 1 rings (SSSR count). The number of quaternary nitrogens is 1. The fraction of sp³-hybridized carbons (Fsp3) is 0.571. The summed E-state index contributed by atoms with van der Waals surface area (Å²) in [5.74, 6) is 1.27. The molecular weight excluding hydrogens is 338 g/mol. The van der Waals surface area contributed by atoms with Crippen molar-refractivity contribution in [1.29, 1.82) is 0 Å². The lowest BCUT2D eigenvalue weighted by molar-refractivity contribution is -0.753. The van der Waals surface area contributed by atoms with Gasteiger partial charge in [0.25, 0.3) is 0 Å². The van der Waals surface area contributed by atoms with Crippen molar-refractivity contribution in [3.63, 3.8) is 0 Å². The maximum Gasteiger partial charge on any atom is 0.397 e. The van der Waals surface area contributed by atoms with Crippen molar-refractivity contribution in [1.82, 2.24) is 4.90 Å². The van der Waals surface area contributed by atoms with Crippen LogP contribution >= 0.6 is 0 Å². The molecule has 2 amide bonds. The highest BCUT2D eigenvalue weighted by molar-refractivity contribution is 7.80. The molecule has 0 radical (unpaired) electrons. The average molecular weight is 361 g/mol. The quantitative estimate of drug-likeness (QED) is 0.240. The van der Waals surface area contributed by atoms with E-state index in [4.69, 9.17) is 9.96 Å². The van der Waals surface area contributed by atoms with E-state index in [1.165, 1.54) is 6.08 Å². The minimum atomic E-state index is -4.16. The molecule has 0 aromatic heterocycles. The summed E-state index contributed by atoms with van der Waals surface area (Å²) in [5.41, 5.74) is 0.567. The molecule has 0 saturated heterocycles. The van der Waals surface area contributed by atoms with Gasteiger partial charge in [-0.15, -0.1) is 0 Å². The Hall–Kier alpha value is -1.68. The number of hydrogen-bond donors (Lipinski definition) is 1. The summed E-state index contributed by atoms with van der Waals surface area (Å²) in [4.78, 5) is 26.2. The molecule has 0 aromatic carbocycles. The SMILES string of the molecule is CC1=CC(=O)[N+](C)(CCCN(C)C)C(=O)C1=C=[N-].COS(=O)(=O)O. The van der Waals surface area contributed by atoms with Crippen LogP contribution in [-0.2, 0) is 24.2 Å². The van der Waals surface area contributed by atoms with Gasteiger partial charge in [0, 0.05) is 19.0 Å². The van der Waals surface area contributed by atoms with Crippen LogP contribution in [0.15, 0.2) is 17.2 Å². The van der Waals surface area contributed by atoms with Crippen LogP contribution in [0.1, 0.15) is 13.3 Å². The number of hydrogen-bond acceptors (Lipinski definition) is 6. The van der Waals surface area contributed by atoms with Gasteiger partial charge in [0.05, 0.1) is 20.7 Å². The summed E-state index contributed by atoms with van der Waals surface area (Å²) in [5, 5.41) is 8.99. The van der Waals surface area contributed by atoms with Crippen molar-refractivity contribution < 1.29 is 31.2 Å². The van der Waals surface area contributed by atoms with E-state index in [1.54, 1.807) is 14.0 Å². The molecule has 1 N–H and O–H groups in total. The molecule has 1 aliphatic rings. The molecule has 1 atom stereocenters. The summed E-state index contributed by atoms with van der Waals surface area (Å²) >= 11 is 0. The third-order valence-electron chi connectivity index (χ3n) is 3.42. The summed E-state index contributed by atoms with van der Waals surface area (Å²) in [6.07, 6.45) is 2.13. The zero-order valence-electron chi connectivity index (χ0n) is 14.4. The molecule has 0 bridgehead atoms. The van der Waals surface area contributed by atoms with E-state index in [9.17, 15) is 18.0 Å². The van der Waals surface area contributed by atoms with Gasteiger partial charge >= 0.3 is 22.2 Å². The van der Waals surface area contributed by atoms with Crippen LogP contribution in [0.3, 0.4) is 0 Å². The van der Waals surface area contributed by atoms with Crippen molar-refractivity contribution >= 4 is 28.1 Å². The molecule has 1 unspecified atom stereocenters. The lowest BCUT2D eigenvalue weighted by atomic mass is 10.0. The van der Waals surface area contributed by atoms with Gasteiger partial charge in [-0.05, 0) is 26.6 Å². The van der Waals surface area contributed by atoms with Crippen LogP contribution < -0.4 is 0 Å². The number of carbonyl (C=O) groups is 2. The van der Waals surface area contributed by atoms with E-state index in [0.717, 1.165) is 20.1 Å². The summed E-state index contributed by atoms with van der Waals surface area (Å²) in [6.45, 7) is 2.85. The summed E-state index contributed by atoms with van der Waals surface area (Å²) in [7, 11) is 2.17. The van der Waals surface area contributed by atoms with Crippen LogP contribution in [0.4, 0.5) is 0 Å². The molecular formula is C14H23N3O6S. The first kappa shape index (κ1) is 22.3. The highest BCUT2D eigenvalue weighted by Crippen LogP contribution is 2.23. The average Bonchev–Trinajstić information content (AvgIpc) is 2.45. The lowest BCUT2D eigenvalue weighted by Gasteiger charge is -2.32. The Kier molecular flexibility index (Phi) is 8.35. The van der Waals surface area contributed by atoms with Crippen LogP contribution in [0.2, 0.25) is 0 Å². The van der Waals surface area contributed by atoms with E-state index < -0.39 is 10.4 Å². The predicted octanol–water partition coefficient (Wildman–Crippen LogP) is -0.00110. The van der Waals surface area contributed by atoms with Crippen molar-refractivity contribution in [3.05, 3.63) is 22.6 Å². The van der Waals surface area contributed by atoms with Crippen LogP contribution in [0.5, 0.6) is 0 Å². The minimum absolute atomic E-state index is 0.0990. The second kappa shape index (κ2) is 8.97. The number of rotatable bonds is 5. The molecule has 0 saturated carbocycles. The first-order chi connectivity index (χ1) is 10.9. The standard InChI is InChI=1S/C13H19N3O2.CH4O4S/c1-10-8-12(17)16(4,7-5-6-15(2)3)13(18)11(10)9-14;1-5-6(2,3)4/h8H,5-7H2,1-4H3;1H3,(H,2,3,4). The Morgan fingerprint density at radius 3 is 2.25 bits per heavy atom. The summed E-state index contributed by atoms with van der Waals surface area (Å²) in [6, 6.07) is 0. The van der Waals surface area contributed by atoms with Crippen molar-refractivity contribution in [2.75, 3.05) is 41.3 Å². The maximum absolute atomic E-state index is 12.2. The Bertz CT molecular complexity index is 677. The van der Waals surface area contributed by atoms with Crippen LogP contribution in [0, 0.1) is 0 Å². The van der Waals surface area contributed by atoms with Gasteiger partial charge in [-0.3, -0.25) is 14.6 Å². The number of likely N-dealkylation sites (N-methyl/N-ethyl adjacent to an activating group) is 1. The summed E-state index contributed by atoms with van der Waals surface area (Å²) < 4.78 is 29.4. The van der Waals surface area contributed by atoms with Crippen molar-refractivity contribution in [2.24, 2.45) is 0 Å². The van der Waals surface area contributed by atoms with E-state index in [0.29, 0.717) is 12.1 Å². The number of amides is 2. The number of carbonyl (C=O) groups excluding carboxylic acids is 2. The largest absolute Gasteiger partial charge is 0.762 e. The Morgan fingerprint density at radius 2 is 1.88 bits per heavy atom. The smallest absolute Gasteiger partial charge is 0.397 e. The van der Waals surface area contributed by atoms with Gasteiger partial charge in [-0.25, -0.2) is 9.59 Å². The monoisotopic (exact) mass is 361 g/mol. The van der Waals surface area contributed by atoms with E-state index in [1.807, 2.05) is 24.9 Å². The lowest BCUT2D eigenvalue weighted by Crippen LogP contribution is -2.56. The Morgan fingerprint density at radius 1 is 1.38 bits per heavy atom. The van der Waals surface area contributed by atoms with E-state index in [-0.39, 0.29) is 21.9 Å². The molecule has 0 spiro atoms. The number of imide groups is 1. The third-order valence-corrected chi connectivity index (χ3v) is 3.84. The molecule has 9 nitrogen and oxygen atoms in total. The zero-order valence-corrected chi connectivity index (χ0v) is 15.3. The molecule has 136 valence electrons. The topological polar surface area (TPSA) is 123 Å². The normalized spacial score (nSPS) is 21.1. The molecule has 10 heteroatoms. The molecule has 0 aliphatic carbocycles. The van der Waals surface area contributed by atoms with Crippen molar-refractivity contribution in [3.8, 4) is 0 Å². The van der Waals surface area contributed by atoms with Gasteiger partial charge in [0.15, 0.2) is 0 Å². The van der Waals surface area contributed by atoms with Crippen molar-refractivity contribution in [2.45, 2.75) is 13.3 Å². The minimum Gasteiger partial charge on any atom is -0.762 e. The van der Waals surface area contributed by atoms with Gasteiger partial charge in [-0.2, -0.15) is 12.9 Å². The van der Waals surface area contributed by atoms with Crippen LogP contribution in [-0.4, -0.2) is 81.4 Å². The number of nitrogens with zero attached hydrogens (tertiary/aromatic N) is 3. The van der Waals surface area contributed by atoms with Gasteiger partial charge < -0.3 is 10.3 Å². The third kappa shape index (κ3) is 6.44. The zero-order chi connectivity index (χ0) is 19.1. The highest BCUT2D eigenvalue weighted by Gasteiger charge is 2.44. The fourth-order valence-corrected chi connectivity index (χ4v) is 1.97. The molecule has 0 fully saturated rings. The fourth-order valence-electron chi connectivity index (χ4n) is 1.97. The van der Waals surface area contributed by atoms with Gasteiger partial charge in [0.2, 0.25) is 0 Å². The van der Waals surface area contributed by atoms with Gasteiger partial charge in [0.1, 0.15) is 5.57 Å². The molecule has 24 heavy (non-hydrogen) atoms. The van der Waals surface area contributed by atoms with E-state index in [2.05, 4.69) is 4.18 Å². The molecule has 0 aromatic rings. The predicted molar refractivity (Wildman–Crippen MR) is 88.4 cm³/mol. The second-order valence-corrected chi connectivity index (χ2v) is 6.81. The first-order valence-electron chi connectivity index (χ1n) is 6.97. The van der Waals surface area contributed by atoms with Crippen LogP contribution in [0.25, 0.3) is 5.41 Å².